The topological polar surface area (TPSA) is 68.2 Å². The van der Waals surface area contributed by atoms with Crippen LogP contribution in [0.1, 0.15) is 42.8 Å². The third-order valence-corrected chi connectivity index (χ3v) is 4.46. The van der Waals surface area contributed by atoms with Crippen LogP contribution in [0.25, 0.3) is 0 Å². The standard InChI is InChI=1S/C19H24N4O2/c1-3-25-19(24)5-4-17-12-18(22-14(2)21-17)23-11-8-16(13-23)15-6-9-20-10-7-15/h6-7,9-10,12,16H,3-5,8,11,13H2,1-2H3. The normalized spacial score (nSPS) is 16.9. The molecule has 3 rings (SSSR count). The Morgan fingerprint density at radius 1 is 1.32 bits per heavy atom. The fourth-order valence-corrected chi connectivity index (χ4v) is 3.24. The Morgan fingerprint density at radius 2 is 2.12 bits per heavy atom. The van der Waals surface area contributed by atoms with Crippen molar-refractivity contribution in [2.75, 3.05) is 24.6 Å². The third kappa shape index (κ3) is 4.53. The van der Waals surface area contributed by atoms with E-state index in [0.717, 1.165) is 36.8 Å². The molecular weight excluding hydrogens is 316 g/mol. The molecular formula is C19H24N4O2. The van der Waals surface area contributed by atoms with Crippen molar-refractivity contribution >= 4 is 11.8 Å². The number of carbonyl (C=O) groups excluding carboxylic acids is 1. The second-order valence-electron chi connectivity index (χ2n) is 6.28. The Hall–Kier alpha value is -2.50. The van der Waals surface area contributed by atoms with Crippen molar-refractivity contribution in [1.29, 1.82) is 0 Å². The third-order valence-electron chi connectivity index (χ3n) is 4.46. The molecule has 0 amide bonds. The fraction of sp³-hybridized carbons (Fsp3) is 0.474. The van der Waals surface area contributed by atoms with Crippen molar-refractivity contribution in [3.05, 3.63) is 47.7 Å². The number of aromatic nitrogens is 3. The quantitative estimate of drug-likeness (QED) is 0.753. The summed E-state index contributed by atoms with van der Waals surface area (Å²) >= 11 is 0. The van der Waals surface area contributed by atoms with Gasteiger partial charge < -0.3 is 9.64 Å². The minimum absolute atomic E-state index is 0.181. The largest absolute Gasteiger partial charge is 0.466 e. The predicted molar refractivity (Wildman–Crippen MR) is 95.5 cm³/mol. The zero-order valence-electron chi connectivity index (χ0n) is 14.8. The number of ether oxygens (including phenoxy) is 1. The Kier molecular flexibility index (Phi) is 5.58. The molecule has 2 aromatic rings. The molecule has 1 saturated heterocycles. The highest BCUT2D eigenvalue weighted by Gasteiger charge is 2.25. The van der Waals surface area contributed by atoms with E-state index in [0.29, 0.717) is 25.4 Å². The van der Waals surface area contributed by atoms with Gasteiger partial charge in [0.15, 0.2) is 0 Å². The van der Waals surface area contributed by atoms with Gasteiger partial charge in [-0.2, -0.15) is 0 Å². The highest BCUT2D eigenvalue weighted by molar-refractivity contribution is 5.69. The van der Waals surface area contributed by atoms with Crippen molar-refractivity contribution in [3.8, 4) is 0 Å². The Bertz CT molecular complexity index is 721. The minimum Gasteiger partial charge on any atom is -0.466 e. The smallest absolute Gasteiger partial charge is 0.306 e. The molecule has 132 valence electrons. The lowest BCUT2D eigenvalue weighted by Gasteiger charge is -2.19. The van der Waals surface area contributed by atoms with Gasteiger partial charge in [0.1, 0.15) is 11.6 Å². The number of hydrogen-bond acceptors (Lipinski definition) is 6. The summed E-state index contributed by atoms with van der Waals surface area (Å²) in [7, 11) is 0. The number of hydrogen-bond donors (Lipinski definition) is 0. The Labute approximate surface area is 148 Å². The van der Waals surface area contributed by atoms with Crippen molar-refractivity contribution < 1.29 is 9.53 Å². The van der Waals surface area contributed by atoms with Crippen LogP contribution in [0.2, 0.25) is 0 Å². The van der Waals surface area contributed by atoms with E-state index in [1.807, 2.05) is 32.3 Å². The van der Waals surface area contributed by atoms with E-state index in [2.05, 4.69) is 32.0 Å². The van der Waals surface area contributed by atoms with Gasteiger partial charge in [0.25, 0.3) is 0 Å². The van der Waals surface area contributed by atoms with Crippen LogP contribution in [0.3, 0.4) is 0 Å². The minimum atomic E-state index is -0.181. The highest BCUT2D eigenvalue weighted by Crippen LogP contribution is 2.29. The maximum absolute atomic E-state index is 11.6. The van der Waals surface area contributed by atoms with Gasteiger partial charge in [-0.25, -0.2) is 9.97 Å². The van der Waals surface area contributed by atoms with Crippen LogP contribution >= 0.6 is 0 Å². The predicted octanol–water partition coefficient (Wildman–Crippen LogP) is 2.67. The number of aryl methyl sites for hydroxylation is 2. The molecule has 1 unspecified atom stereocenters. The molecule has 1 aliphatic rings. The summed E-state index contributed by atoms with van der Waals surface area (Å²) in [6.45, 7) is 6.04. The molecule has 6 nitrogen and oxygen atoms in total. The van der Waals surface area contributed by atoms with Crippen molar-refractivity contribution in [3.63, 3.8) is 0 Å². The van der Waals surface area contributed by atoms with Gasteiger partial charge >= 0.3 is 5.97 Å². The first-order chi connectivity index (χ1) is 12.2. The summed E-state index contributed by atoms with van der Waals surface area (Å²) < 4.78 is 4.99. The Balaban J connectivity index is 1.67. The number of carbonyl (C=O) groups is 1. The molecule has 6 heteroatoms. The molecule has 0 saturated carbocycles. The number of anilines is 1. The number of rotatable bonds is 6. The van der Waals surface area contributed by atoms with Gasteiger partial charge in [-0.3, -0.25) is 9.78 Å². The van der Waals surface area contributed by atoms with Crippen LogP contribution in [0.15, 0.2) is 30.6 Å². The van der Waals surface area contributed by atoms with Crippen molar-refractivity contribution in [2.24, 2.45) is 0 Å². The molecule has 3 heterocycles. The molecule has 0 radical (unpaired) electrons. The fourth-order valence-electron chi connectivity index (χ4n) is 3.24. The Morgan fingerprint density at radius 3 is 2.88 bits per heavy atom. The molecule has 0 aliphatic carbocycles. The molecule has 0 spiro atoms. The molecule has 0 bridgehead atoms. The van der Waals surface area contributed by atoms with Crippen LogP contribution in [0.5, 0.6) is 0 Å². The summed E-state index contributed by atoms with van der Waals surface area (Å²) in [5.41, 5.74) is 2.22. The van der Waals surface area contributed by atoms with Gasteiger partial charge in [0.2, 0.25) is 0 Å². The maximum Gasteiger partial charge on any atom is 0.306 e. The summed E-state index contributed by atoms with van der Waals surface area (Å²) in [5.74, 6) is 2.01. The summed E-state index contributed by atoms with van der Waals surface area (Å²) in [6.07, 6.45) is 5.73. The van der Waals surface area contributed by atoms with Gasteiger partial charge in [-0.05, 0) is 38.0 Å². The molecule has 2 aromatic heterocycles. The SMILES string of the molecule is CCOC(=O)CCc1cc(N2CCC(c3ccncc3)C2)nc(C)n1. The molecule has 1 fully saturated rings. The second-order valence-corrected chi connectivity index (χ2v) is 6.28. The maximum atomic E-state index is 11.6. The second kappa shape index (κ2) is 8.05. The van der Waals surface area contributed by atoms with E-state index in [4.69, 9.17) is 4.74 Å². The lowest BCUT2D eigenvalue weighted by molar-refractivity contribution is -0.143. The van der Waals surface area contributed by atoms with Crippen LogP contribution < -0.4 is 4.90 Å². The monoisotopic (exact) mass is 340 g/mol. The van der Waals surface area contributed by atoms with E-state index in [-0.39, 0.29) is 5.97 Å². The molecule has 0 N–H and O–H groups in total. The number of esters is 1. The van der Waals surface area contributed by atoms with Crippen LogP contribution in [0, 0.1) is 6.92 Å². The van der Waals surface area contributed by atoms with Crippen LogP contribution in [0.4, 0.5) is 5.82 Å². The van der Waals surface area contributed by atoms with Gasteiger partial charge in [0.05, 0.1) is 13.0 Å². The lowest BCUT2D eigenvalue weighted by Crippen LogP contribution is -2.21. The van der Waals surface area contributed by atoms with Crippen LogP contribution in [-0.4, -0.2) is 40.6 Å². The summed E-state index contributed by atoms with van der Waals surface area (Å²) in [6, 6.07) is 6.18. The average Bonchev–Trinajstić information content (AvgIpc) is 3.11. The molecule has 1 aliphatic heterocycles. The molecule has 1 atom stereocenters. The number of nitrogens with zero attached hydrogens (tertiary/aromatic N) is 4. The first-order valence-electron chi connectivity index (χ1n) is 8.80. The molecule has 0 aromatic carbocycles. The van der Waals surface area contributed by atoms with Gasteiger partial charge in [0, 0.05) is 49.6 Å². The van der Waals surface area contributed by atoms with E-state index >= 15 is 0 Å². The first-order valence-corrected chi connectivity index (χ1v) is 8.80. The van der Waals surface area contributed by atoms with E-state index in [1.54, 1.807) is 0 Å². The average molecular weight is 340 g/mol. The van der Waals surface area contributed by atoms with Crippen molar-refractivity contribution in [2.45, 2.75) is 39.0 Å². The lowest BCUT2D eigenvalue weighted by atomic mass is 10.00. The molecule has 25 heavy (non-hydrogen) atoms. The van der Waals surface area contributed by atoms with Crippen LogP contribution in [-0.2, 0) is 16.0 Å². The summed E-state index contributed by atoms with van der Waals surface area (Å²) in [5, 5.41) is 0. The van der Waals surface area contributed by atoms with Crippen molar-refractivity contribution in [1.82, 2.24) is 15.0 Å². The number of pyridine rings is 1. The zero-order valence-corrected chi connectivity index (χ0v) is 14.8. The van der Waals surface area contributed by atoms with E-state index in [1.165, 1.54) is 5.56 Å². The van der Waals surface area contributed by atoms with Gasteiger partial charge in [-0.1, -0.05) is 0 Å². The highest BCUT2D eigenvalue weighted by atomic mass is 16.5. The summed E-state index contributed by atoms with van der Waals surface area (Å²) in [4.78, 5) is 27.0. The zero-order chi connectivity index (χ0) is 17.6. The van der Waals surface area contributed by atoms with E-state index < -0.39 is 0 Å². The van der Waals surface area contributed by atoms with Gasteiger partial charge in [-0.15, -0.1) is 0 Å². The first kappa shape index (κ1) is 17.3. The van der Waals surface area contributed by atoms with E-state index in [9.17, 15) is 4.79 Å².